The number of rotatable bonds is 5. The monoisotopic (exact) mass is 285 g/mol. The Balaban J connectivity index is 2.12. The molecule has 100 valence electrons. The third-order valence-electron chi connectivity index (χ3n) is 2.39. The van der Waals surface area contributed by atoms with Gasteiger partial charge in [0.2, 0.25) is 5.82 Å². The van der Waals surface area contributed by atoms with Gasteiger partial charge in [-0.15, -0.1) is 11.3 Å². The van der Waals surface area contributed by atoms with Crippen molar-refractivity contribution in [2.24, 2.45) is 0 Å². The van der Waals surface area contributed by atoms with Crippen LogP contribution in [0.25, 0.3) is 0 Å². The van der Waals surface area contributed by atoms with E-state index in [0.29, 0.717) is 19.0 Å². The maximum Gasteiger partial charge on any atom is 0.327 e. The highest BCUT2D eigenvalue weighted by Gasteiger charge is 2.21. The number of hydrogen-bond donors (Lipinski definition) is 1. The van der Waals surface area contributed by atoms with Gasteiger partial charge in [-0.05, 0) is 0 Å². The SMILES string of the molecule is O=[N+]([O-])c1c(F)cc(F)cc1NCCc1cscn1. The van der Waals surface area contributed by atoms with Crippen molar-refractivity contribution in [3.8, 4) is 0 Å². The van der Waals surface area contributed by atoms with Gasteiger partial charge in [-0.1, -0.05) is 0 Å². The molecule has 0 saturated heterocycles. The fourth-order valence-corrected chi connectivity index (χ4v) is 2.17. The van der Waals surface area contributed by atoms with Crippen LogP contribution < -0.4 is 5.32 Å². The lowest BCUT2D eigenvalue weighted by Gasteiger charge is -2.07. The van der Waals surface area contributed by atoms with Crippen molar-refractivity contribution in [3.05, 3.63) is 50.5 Å². The molecule has 0 saturated carbocycles. The Hall–Kier alpha value is -2.09. The number of benzene rings is 1. The highest BCUT2D eigenvalue weighted by atomic mass is 32.1. The lowest BCUT2D eigenvalue weighted by atomic mass is 10.2. The highest BCUT2D eigenvalue weighted by molar-refractivity contribution is 7.07. The van der Waals surface area contributed by atoms with Crippen molar-refractivity contribution in [1.82, 2.24) is 4.98 Å². The van der Waals surface area contributed by atoms with Gasteiger partial charge in [-0.25, -0.2) is 9.37 Å². The summed E-state index contributed by atoms with van der Waals surface area (Å²) in [5, 5.41) is 15.2. The topological polar surface area (TPSA) is 68.1 Å². The van der Waals surface area contributed by atoms with Crippen LogP contribution in [0.1, 0.15) is 5.69 Å². The van der Waals surface area contributed by atoms with Crippen molar-refractivity contribution in [2.75, 3.05) is 11.9 Å². The van der Waals surface area contributed by atoms with Crippen LogP contribution in [0.4, 0.5) is 20.2 Å². The molecular weight excluding hydrogens is 276 g/mol. The lowest BCUT2D eigenvalue weighted by molar-refractivity contribution is -0.386. The van der Waals surface area contributed by atoms with Crippen molar-refractivity contribution in [1.29, 1.82) is 0 Å². The number of aromatic nitrogens is 1. The Bertz CT molecular complexity index is 590. The zero-order valence-corrected chi connectivity index (χ0v) is 10.4. The second-order valence-corrected chi connectivity index (χ2v) is 4.42. The van der Waals surface area contributed by atoms with Crippen LogP contribution in [0, 0.1) is 21.7 Å². The molecule has 0 bridgehead atoms. The molecule has 0 aliphatic rings. The molecule has 2 aromatic rings. The molecular formula is C11H9F2N3O2S. The summed E-state index contributed by atoms with van der Waals surface area (Å²) >= 11 is 1.43. The summed E-state index contributed by atoms with van der Waals surface area (Å²) in [6.07, 6.45) is 0.513. The smallest absolute Gasteiger partial charge is 0.327 e. The predicted octanol–water partition coefficient (Wildman–Crippen LogP) is 2.98. The Labute approximate surface area is 111 Å². The number of nitro groups is 1. The van der Waals surface area contributed by atoms with Gasteiger partial charge < -0.3 is 5.32 Å². The minimum Gasteiger partial charge on any atom is -0.379 e. The second-order valence-electron chi connectivity index (χ2n) is 3.70. The van der Waals surface area contributed by atoms with E-state index in [1.165, 1.54) is 11.3 Å². The number of halogens is 2. The largest absolute Gasteiger partial charge is 0.379 e. The molecule has 5 nitrogen and oxygen atoms in total. The zero-order chi connectivity index (χ0) is 13.8. The quantitative estimate of drug-likeness (QED) is 0.677. The normalized spacial score (nSPS) is 10.4. The summed E-state index contributed by atoms with van der Waals surface area (Å²) < 4.78 is 26.4. The van der Waals surface area contributed by atoms with Crippen LogP contribution in [0.15, 0.2) is 23.0 Å². The van der Waals surface area contributed by atoms with E-state index in [1.54, 1.807) is 5.51 Å². The molecule has 1 heterocycles. The average Bonchev–Trinajstić information content (AvgIpc) is 2.80. The molecule has 1 aromatic carbocycles. The van der Waals surface area contributed by atoms with Gasteiger partial charge in [0.05, 0.1) is 16.1 Å². The minimum absolute atomic E-state index is 0.169. The maximum atomic E-state index is 13.3. The van der Waals surface area contributed by atoms with Crippen molar-refractivity contribution in [2.45, 2.75) is 6.42 Å². The molecule has 2 rings (SSSR count). The number of nitro benzene ring substituents is 1. The molecule has 0 amide bonds. The van der Waals surface area contributed by atoms with Gasteiger partial charge in [-0.2, -0.15) is 4.39 Å². The van der Waals surface area contributed by atoms with E-state index in [9.17, 15) is 18.9 Å². The van der Waals surface area contributed by atoms with Crippen LogP contribution >= 0.6 is 11.3 Å². The van der Waals surface area contributed by atoms with E-state index >= 15 is 0 Å². The number of nitrogens with zero attached hydrogens (tertiary/aromatic N) is 2. The van der Waals surface area contributed by atoms with E-state index in [2.05, 4.69) is 10.3 Å². The van der Waals surface area contributed by atoms with Crippen LogP contribution in [0.5, 0.6) is 0 Å². The van der Waals surface area contributed by atoms with E-state index in [4.69, 9.17) is 0 Å². The van der Waals surface area contributed by atoms with Crippen LogP contribution in [-0.2, 0) is 6.42 Å². The Morgan fingerprint density at radius 1 is 1.42 bits per heavy atom. The minimum atomic E-state index is -1.19. The van der Waals surface area contributed by atoms with E-state index in [1.807, 2.05) is 5.38 Å². The van der Waals surface area contributed by atoms with Crippen molar-refractivity contribution >= 4 is 22.7 Å². The standard InChI is InChI=1S/C11H9F2N3O2S/c12-7-3-9(13)11(16(17)18)10(4-7)14-2-1-8-5-19-6-15-8/h3-6,14H,1-2H2. The lowest BCUT2D eigenvalue weighted by Crippen LogP contribution is -2.08. The first-order valence-electron chi connectivity index (χ1n) is 5.32. The molecule has 8 heteroatoms. The third kappa shape index (κ3) is 3.22. The summed E-state index contributed by atoms with van der Waals surface area (Å²) in [6, 6.07) is 1.39. The molecule has 1 N–H and O–H groups in total. The van der Waals surface area contributed by atoms with E-state index in [-0.39, 0.29) is 5.69 Å². The molecule has 1 aromatic heterocycles. The summed E-state index contributed by atoms with van der Waals surface area (Å²) in [5.74, 6) is -2.06. The first kappa shape index (κ1) is 13.3. The molecule has 0 spiro atoms. The third-order valence-corrected chi connectivity index (χ3v) is 3.03. The van der Waals surface area contributed by atoms with Crippen molar-refractivity contribution in [3.63, 3.8) is 0 Å². The van der Waals surface area contributed by atoms with Gasteiger partial charge in [0.15, 0.2) is 0 Å². The summed E-state index contributed by atoms with van der Waals surface area (Å²) in [5.41, 5.74) is 1.56. The molecule has 19 heavy (non-hydrogen) atoms. The fraction of sp³-hybridized carbons (Fsp3) is 0.182. The Morgan fingerprint density at radius 2 is 2.21 bits per heavy atom. The van der Waals surface area contributed by atoms with Gasteiger partial charge in [0.25, 0.3) is 0 Å². The summed E-state index contributed by atoms with van der Waals surface area (Å²) in [6.45, 7) is 0.299. The second kappa shape index (κ2) is 5.70. The molecule has 0 aliphatic heterocycles. The summed E-state index contributed by atoms with van der Waals surface area (Å²) in [7, 11) is 0. The Morgan fingerprint density at radius 3 is 2.84 bits per heavy atom. The van der Waals surface area contributed by atoms with E-state index < -0.39 is 22.2 Å². The Kier molecular flexibility index (Phi) is 4.00. The zero-order valence-electron chi connectivity index (χ0n) is 9.60. The average molecular weight is 285 g/mol. The molecule has 0 radical (unpaired) electrons. The summed E-state index contributed by atoms with van der Waals surface area (Å²) in [4.78, 5) is 13.9. The van der Waals surface area contributed by atoms with Gasteiger partial charge in [-0.3, -0.25) is 10.1 Å². The van der Waals surface area contributed by atoms with Gasteiger partial charge in [0.1, 0.15) is 11.5 Å². The van der Waals surface area contributed by atoms with Gasteiger partial charge in [0, 0.05) is 30.5 Å². The molecule has 0 fully saturated rings. The van der Waals surface area contributed by atoms with Crippen LogP contribution in [0.2, 0.25) is 0 Å². The molecule has 0 atom stereocenters. The molecule has 0 unspecified atom stereocenters. The predicted molar refractivity (Wildman–Crippen MR) is 67.3 cm³/mol. The van der Waals surface area contributed by atoms with Crippen LogP contribution in [-0.4, -0.2) is 16.5 Å². The fourth-order valence-electron chi connectivity index (χ4n) is 1.57. The number of thiazole rings is 1. The molecule has 0 aliphatic carbocycles. The maximum absolute atomic E-state index is 13.3. The highest BCUT2D eigenvalue weighted by Crippen LogP contribution is 2.28. The first-order chi connectivity index (χ1) is 9.08. The van der Waals surface area contributed by atoms with Gasteiger partial charge >= 0.3 is 5.69 Å². The number of nitrogens with one attached hydrogen (secondary N) is 1. The van der Waals surface area contributed by atoms with Crippen LogP contribution in [0.3, 0.4) is 0 Å². The number of hydrogen-bond acceptors (Lipinski definition) is 5. The van der Waals surface area contributed by atoms with E-state index in [0.717, 1.165) is 11.8 Å². The van der Waals surface area contributed by atoms with Crippen molar-refractivity contribution < 1.29 is 13.7 Å². The first-order valence-corrected chi connectivity index (χ1v) is 6.26. The number of anilines is 1.